The van der Waals surface area contributed by atoms with Gasteiger partial charge in [0.25, 0.3) is 0 Å². The van der Waals surface area contributed by atoms with Crippen molar-refractivity contribution in [2.75, 3.05) is 0 Å². The van der Waals surface area contributed by atoms with Crippen molar-refractivity contribution in [2.45, 2.75) is 58.0 Å². The Labute approximate surface area is 121 Å². The average Bonchev–Trinajstić information content (AvgIpc) is 2.46. The van der Waals surface area contributed by atoms with E-state index in [1.165, 1.54) is 50.7 Å². The lowest BCUT2D eigenvalue weighted by atomic mass is 9.83. The molecule has 0 aromatic heterocycles. The third-order valence-electron chi connectivity index (χ3n) is 4.23. The molecule has 0 saturated heterocycles. The van der Waals surface area contributed by atoms with E-state index in [2.05, 4.69) is 12.2 Å². The lowest BCUT2D eigenvalue weighted by molar-refractivity contribution is 0.277. The minimum absolute atomic E-state index is 0.326. The molecule has 0 unspecified atom stereocenters. The van der Waals surface area contributed by atoms with Gasteiger partial charge in [-0.2, -0.15) is 5.26 Å². The van der Waals surface area contributed by atoms with Gasteiger partial charge in [-0.1, -0.05) is 19.8 Å². The second-order valence-corrected chi connectivity index (χ2v) is 5.85. The number of nitriles is 1. The van der Waals surface area contributed by atoms with Gasteiger partial charge in [0.1, 0.15) is 5.82 Å². The third-order valence-corrected chi connectivity index (χ3v) is 4.23. The summed E-state index contributed by atoms with van der Waals surface area (Å²) in [6.45, 7) is 2.90. The summed E-state index contributed by atoms with van der Waals surface area (Å²) in [5, 5.41) is 12.3. The molecule has 1 aromatic carbocycles. The Morgan fingerprint density at radius 3 is 2.65 bits per heavy atom. The van der Waals surface area contributed by atoms with E-state index >= 15 is 0 Å². The number of benzene rings is 1. The fourth-order valence-electron chi connectivity index (χ4n) is 3.14. The van der Waals surface area contributed by atoms with Crippen LogP contribution in [0.5, 0.6) is 0 Å². The van der Waals surface area contributed by atoms with Crippen LogP contribution in [0.1, 0.15) is 56.6 Å². The summed E-state index contributed by atoms with van der Waals surface area (Å²) in [7, 11) is 0. The van der Waals surface area contributed by atoms with Crippen molar-refractivity contribution in [1.82, 2.24) is 5.32 Å². The van der Waals surface area contributed by atoms with Crippen molar-refractivity contribution in [1.29, 1.82) is 5.26 Å². The van der Waals surface area contributed by atoms with E-state index in [-0.39, 0.29) is 5.82 Å². The van der Waals surface area contributed by atoms with Crippen LogP contribution in [0.15, 0.2) is 18.2 Å². The van der Waals surface area contributed by atoms with Crippen LogP contribution in [0, 0.1) is 23.1 Å². The quantitative estimate of drug-likeness (QED) is 0.875. The average molecular weight is 274 g/mol. The molecule has 20 heavy (non-hydrogen) atoms. The van der Waals surface area contributed by atoms with Gasteiger partial charge in [-0.15, -0.1) is 0 Å². The molecule has 1 fully saturated rings. The molecule has 1 N–H and O–H groups in total. The predicted molar refractivity (Wildman–Crippen MR) is 78.6 cm³/mol. The second-order valence-electron chi connectivity index (χ2n) is 5.85. The summed E-state index contributed by atoms with van der Waals surface area (Å²) in [6.07, 6.45) is 7.66. The summed E-state index contributed by atoms with van der Waals surface area (Å²) >= 11 is 0. The maximum absolute atomic E-state index is 13.3. The number of hydrogen-bond donors (Lipinski definition) is 1. The first-order valence-electron chi connectivity index (χ1n) is 7.64. The van der Waals surface area contributed by atoms with E-state index in [1.807, 2.05) is 6.07 Å². The number of nitrogens with one attached hydrogen (secondary N) is 1. The van der Waals surface area contributed by atoms with Gasteiger partial charge in [0.05, 0.1) is 11.6 Å². The molecule has 1 aliphatic carbocycles. The highest BCUT2D eigenvalue weighted by Gasteiger charge is 2.19. The fraction of sp³-hybridized carbons (Fsp3) is 0.588. The maximum atomic E-state index is 13.3. The zero-order valence-electron chi connectivity index (χ0n) is 12.2. The summed E-state index contributed by atoms with van der Waals surface area (Å²) in [4.78, 5) is 0. The summed E-state index contributed by atoms with van der Waals surface area (Å²) in [6, 6.07) is 7.09. The van der Waals surface area contributed by atoms with Crippen LogP contribution >= 0.6 is 0 Å². The van der Waals surface area contributed by atoms with Gasteiger partial charge in [-0.05, 0) is 55.4 Å². The molecular formula is C17H23FN2. The minimum Gasteiger partial charge on any atom is -0.310 e. The van der Waals surface area contributed by atoms with Crippen LogP contribution in [0.3, 0.4) is 0 Å². The first-order valence-corrected chi connectivity index (χ1v) is 7.64. The molecule has 2 nitrogen and oxygen atoms in total. The smallest absolute Gasteiger partial charge is 0.124 e. The summed E-state index contributed by atoms with van der Waals surface area (Å²) in [5.41, 5.74) is 1.26. The normalized spacial score (nSPS) is 22.4. The second kappa shape index (κ2) is 7.40. The third kappa shape index (κ3) is 4.31. The molecule has 0 amide bonds. The van der Waals surface area contributed by atoms with E-state index in [1.54, 1.807) is 6.07 Å². The van der Waals surface area contributed by atoms with Crippen LogP contribution in [0.25, 0.3) is 0 Å². The molecule has 0 atom stereocenters. The van der Waals surface area contributed by atoms with E-state index in [4.69, 9.17) is 5.26 Å². The Bertz CT molecular complexity index is 470. The largest absolute Gasteiger partial charge is 0.310 e. The summed E-state index contributed by atoms with van der Waals surface area (Å²) < 4.78 is 13.3. The van der Waals surface area contributed by atoms with E-state index in [0.29, 0.717) is 18.2 Å². The molecule has 0 bridgehead atoms. The molecule has 2 rings (SSSR count). The van der Waals surface area contributed by atoms with E-state index < -0.39 is 0 Å². The zero-order chi connectivity index (χ0) is 14.4. The molecule has 3 heteroatoms. The van der Waals surface area contributed by atoms with Crippen LogP contribution < -0.4 is 5.32 Å². The van der Waals surface area contributed by atoms with Gasteiger partial charge in [0.15, 0.2) is 0 Å². The molecule has 0 heterocycles. The molecule has 0 radical (unpaired) electrons. The first-order chi connectivity index (χ1) is 9.71. The van der Waals surface area contributed by atoms with Crippen molar-refractivity contribution in [3.63, 3.8) is 0 Å². The highest BCUT2D eigenvalue weighted by Crippen LogP contribution is 2.27. The topological polar surface area (TPSA) is 35.8 Å². The van der Waals surface area contributed by atoms with Crippen LogP contribution in [-0.2, 0) is 6.54 Å². The van der Waals surface area contributed by atoms with Crippen molar-refractivity contribution < 1.29 is 4.39 Å². The zero-order valence-corrected chi connectivity index (χ0v) is 12.2. The Morgan fingerprint density at radius 1 is 1.25 bits per heavy atom. The number of rotatable bonds is 5. The van der Waals surface area contributed by atoms with Crippen LogP contribution in [0.4, 0.5) is 4.39 Å². The Hall–Kier alpha value is -1.40. The molecule has 0 spiro atoms. The predicted octanol–water partition coefficient (Wildman–Crippen LogP) is 4.15. The number of nitrogens with zero attached hydrogens (tertiary/aromatic N) is 1. The Kier molecular flexibility index (Phi) is 5.55. The maximum Gasteiger partial charge on any atom is 0.124 e. The fourth-order valence-corrected chi connectivity index (χ4v) is 3.14. The van der Waals surface area contributed by atoms with E-state index in [0.717, 1.165) is 11.5 Å². The minimum atomic E-state index is -0.326. The van der Waals surface area contributed by atoms with Gasteiger partial charge in [0.2, 0.25) is 0 Å². The van der Waals surface area contributed by atoms with E-state index in [9.17, 15) is 4.39 Å². The van der Waals surface area contributed by atoms with Crippen molar-refractivity contribution in [3.05, 3.63) is 35.1 Å². The standard InChI is InChI=1S/C17H23FN2/c1-2-3-13-4-6-17(7-5-13)20-12-15-8-14(11-19)9-16(18)10-15/h8-10,13,17,20H,2-7,12H2,1H3. The Balaban J connectivity index is 1.82. The molecule has 1 aliphatic rings. The van der Waals surface area contributed by atoms with Crippen molar-refractivity contribution >= 4 is 0 Å². The van der Waals surface area contributed by atoms with Gasteiger partial charge >= 0.3 is 0 Å². The molecule has 1 saturated carbocycles. The molecule has 1 aromatic rings. The monoisotopic (exact) mass is 274 g/mol. The lowest BCUT2D eigenvalue weighted by Crippen LogP contribution is -2.32. The molecular weight excluding hydrogens is 251 g/mol. The molecule has 0 aliphatic heterocycles. The summed E-state index contributed by atoms with van der Waals surface area (Å²) in [5.74, 6) is 0.574. The first kappa shape index (κ1) is 15.0. The van der Waals surface area contributed by atoms with Crippen LogP contribution in [-0.4, -0.2) is 6.04 Å². The van der Waals surface area contributed by atoms with Crippen molar-refractivity contribution in [2.24, 2.45) is 5.92 Å². The van der Waals surface area contributed by atoms with Gasteiger partial charge in [-0.3, -0.25) is 0 Å². The van der Waals surface area contributed by atoms with Crippen molar-refractivity contribution in [3.8, 4) is 6.07 Å². The highest BCUT2D eigenvalue weighted by atomic mass is 19.1. The number of hydrogen-bond acceptors (Lipinski definition) is 2. The van der Waals surface area contributed by atoms with Gasteiger partial charge in [-0.25, -0.2) is 4.39 Å². The highest BCUT2D eigenvalue weighted by molar-refractivity contribution is 5.33. The SMILES string of the molecule is CCCC1CCC(NCc2cc(F)cc(C#N)c2)CC1. The Morgan fingerprint density at radius 2 is 2.00 bits per heavy atom. The lowest BCUT2D eigenvalue weighted by Gasteiger charge is -2.29. The number of halogens is 1. The molecule has 108 valence electrons. The van der Waals surface area contributed by atoms with Crippen LogP contribution in [0.2, 0.25) is 0 Å². The van der Waals surface area contributed by atoms with Gasteiger partial charge < -0.3 is 5.32 Å². The van der Waals surface area contributed by atoms with Gasteiger partial charge in [0, 0.05) is 12.6 Å².